The minimum atomic E-state index is -1.67. The van der Waals surface area contributed by atoms with Crippen LogP contribution >= 0.6 is 0 Å². The average molecular weight is 849 g/mol. The van der Waals surface area contributed by atoms with E-state index in [1.165, 1.54) is 79.9 Å². The molecule has 3 aliphatic rings. The molecule has 8 atom stereocenters. The first-order chi connectivity index (χ1) is 29.6. The lowest BCUT2D eigenvalue weighted by molar-refractivity contribution is -0.00866. The predicted octanol–water partition coefficient (Wildman–Crippen LogP) is 5.34. The van der Waals surface area contributed by atoms with Gasteiger partial charge in [0.2, 0.25) is 0 Å². The Morgan fingerprint density at radius 1 is 0.484 bits per heavy atom. The van der Waals surface area contributed by atoms with Gasteiger partial charge in [0.15, 0.2) is 46.7 Å². The number of hydrogen-bond acceptors (Lipinski definition) is 16. The van der Waals surface area contributed by atoms with Gasteiger partial charge in [-0.3, -0.25) is 0 Å². The van der Waals surface area contributed by atoms with Crippen LogP contribution < -0.4 is 18.9 Å². The summed E-state index contributed by atoms with van der Waals surface area (Å²) in [5.74, 6) is -6.58. The molecule has 6 aromatic carbocycles. The molecular weight excluding hydrogens is 808 g/mol. The number of rotatable bonds is 6. The summed E-state index contributed by atoms with van der Waals surface area (Å²) in [6.45, 7) is 0. The SMILES string of the molecule is COc1ccc([C@H]2Oc3c(c(O)c([C@@H]4c5ccc(O)cc5O[C@H](c5ccc(O)c(O)c5)[C@H]4O)c4c3[C@@H](c3ccc(O)cc3O)[C@H](O)[C@H](c3ccc(O)c(O)c3)O4)C[C@@H]2O)cc1O. The van der Waals surface area contributed by atoms with Gasteiger partial charge in [-0.15, -0.1) is 0 Å². The summed E-state index contributed by atoms with van der Waals surface area (Å²) >= 11 is 0. The fourth-order valence-corrected chi connectivity index (χ4v) is 8.92. The highest BCUT2D eigenvalue weighted by molar-refractivity contribution is 5.71. The van der Waals surface area contributed by atoms with E-state index in [0.29, 0.717) is 5.56 Å². The Balaban J connectivity index is 1.35. The number of aliphatic hydroxyl groups is 3. The first-order valence-corrected chi connectivity index (χ1v) is 19.4. The summed E-state index contributed by atoms with van der Waals surface area (Å²) in [5, 5.41) is 134. The van der Waals surface area contributed by atoms with E-state index >= 15 is 0 Å². The van der Waals surface area contributed by atoms with Gasteiger partial charge in [-0.1, -0.05) is 30.3 Å². The summed E-state index contributed by atoms with van der Waals surface area (Å²) in [7, 11) is 1.37. The van der Waals surface area contributed by atoms with Crippen LogP contribution in [0.2, 0.25) is 0 Å². The summed E-state index contributed by atoms with van der Waals surface area (Å²) in [5.41, 5.74) is 0.779. The molecule has 12 N–H and O–H groups in total. The molecule has 16 nitrogen and oxygen atoms in total. The number of phenolic OH excluding ortho intramolecular Hbond substituents is 9. The van der Waals surface area contributed by atoms with Gasteiger partial charge >= 0.3 is 0 Å². The summed E-state index contributed by atoms with van der Waals surface area (Å²) < 4.78 is 24.8. The Morgan fingerprint density at radius 2 is 1.02 bits per heavy atom. The molecule has 0 bridgehead atoms. The Morgan fingerprint density at radius 3 is 1.61 bits per heavy atom. The molecule has 0 saturated heterocycles. The lowest BCUT2D eigenvalue weighted by atomic mass is 9.72. The van der Waals surface area contributed by atoms with Crippen LogP contribution in [-0.4, -0.2) is 86.7 Å². The second-order valence-corrected chi connectivity index (χ2v) is 15.5. The van der Waals surface area contributed by atoms with Crippen LogP contribution in [-0.2, 0) is 6.42 Å². The predicted molar refractivity (Wildman–Crippen MR) is 216 cm³/mol. The zero-order valence-electron chi connectivity index (χ0n) is 32.5. The zero-order chi connectivity index (χ0) is 43.9. The van der Waals surface area contributed by atoms with Crippen LogP contribution in [0.1, 0.15) is 74.7 Å². The number of phenols is 9. The number of aliphatic hydroxyl groups excluding tert-OH is 3. The van der Waals surface area contributed by atoms with E-state index in [9.17, 15) is 61.3 Å². The summed E-state index contributed by atoms with van der Waals surface area (Å²) in [6, 6.07) is 19.7. The standard InChI is InChI=1S/C46H40O16/c1-59-33-11-4-18(14-31(33)54)42-32(55)17-25-39(56)37(36-24-8-6-22(48)16-34(24)60-43(41(36)58)19-2-9-26(49)29(52)12-19)46-38(45(25)61-42)35(23-7-5-21(47)15-28(23)51)40(57)44(62-46)20-3-10-27(50)30(53)13-20/h2-16,32,35-36,40-44,47-58H,17H2,1H3/t32-,35+,36-,40-,41-,42+,43+,44-/m0/s1. The Bertz CT molecular complexity index is 2750. The van der Waals surface area contributed by atoms with E-state index in [4.69, 9.17) is 18.9 Å². The quantitative estimate of drug-likeness (QED) is 0.0943. The monoisotopic (exact) mass is 848 g/mol. The van der Waals surface area contributed by atoms with E-state index in [1.807, 2.05) is 0 Å². The van der Waals surface area contributed by atoms with E-state index in [-0.39, 0.29) is 85.6 Å². The van der Waals surface area contributed by atoms with Crippen molar-refractivity contribution in [3.63, 3.8) is 0 Å². The van der Waals surface area contributed by atoms with Crippen molar-refractivity contribution in [3.8, 4) is 74.7 Å². The molecule has 0 unspecified atom stereocenters. The van der Waals surface area contributed by atoms with Gasteiger partial charge in [0, 0.05) is 58.2 Å². The molecule has 0 aliphatic carbocycles. The van der Waals surface area contributed by atoms with E-state index in [1.54, 1.807) is 6.07 Å². The first-order valence-electron chi connectivity index (χ1n) is 19.4. The summed E-state index contributed by atoms with van der Waals surface area (Å²) in [6.07, 6.45) is -9.01. The molecular formula is C46H40O16. The van der Waals surface area contributed by atoms with Gasteiger partial charge in [0.05, 0.1) is 13.2 Å². The topological polar surface area (TPSA) is 280 Å². The van der Waals surface area contributed by atoms with Crippen molar-refractivity contribution in [1.29, 1.82) is 0 Å². The number of benzene rings is 6. The molecule has 0 fully saturated rings. The van der Waals surface area contributed by atoms with Crippen LogP contribution in [0.4, 0.5) is 0 Å². The maximum absolute atomic E-state index is 12.7. The minimum Gasteiger partial charge on any atom is -0.508 e. The first kappa shape index (κ1) is 40.0. The number of ether oxygens (including phenoxy) is 4. The maximum Gasteiger partial charge on any atom is 0.160 e. The zero-order valence-corrected chi connectivity index (χ0v) is 32.5. The van der Waals surface area contributed by atoms with Gasteiger partial charge in [-0.2, -0.15) is 0 Å². The highest BCUT2D eigenvalue weighted by Crippen LogP contribution is 2.62. The fourth-order valence-electron chi connectivity index (χ4n) is 8.92. The molecule has 16 heteroatoms. The lowest BCUT2D eigenvalue weighted by Crippen LogP contribution is -2.40. The van der Waals surface area contributed by atoms with E-state index < -0.39 is 83.0 Å². The summed E-state index contributed by atoms with van der Waals surface area (Å²) in [4.78, 5) is 0. The number of hydrogen-bond donors (Lipinski definition) is 12. The van der Waals surface area contributed by atoms with E-state index in [2.05, 4.69) is 0 Å². The van der Waals surface area contributed by atoms with Gasteiger partial charge in [-0.05, 0) is 65.2 Å². The van der Waals surface area contributed by atoms with Crippen molar-refractivity contribution in [1.82, 2.24) is 0 Å². The van der Waals surface area contributed by atoms with Crippen molar-refractivity contribution in [2.24, 2.45) is 0 Å². The Kier molecular flexibility index (Phi) is 9.65. The van der Waals surface area contributed by atoms with Gasteiger partial charge in [0.1, 0.15) is 58.6 Å². The molecule has 9 rings (SSSR count). The van der Waals surface area contributed by atoms with Crippen molar-refractivity contribution in [3.05, 3.63) is 136 Å². The van der Waals surface area contributed by atoms with Gasteiger partial charge in [-0.25, -0.2) is 0 Å². The number of aromatic hydroxyl groups is 9. The molecule has 0 radical (unpaired) electrons. The lowest BCUT2D eigenvalue weighted by Gasteiger charge is -2.44. The fraction of sp³-hybridized carbons (Fsp3) is 0.217. The molecule has 0 amide bonds. The molecule has 0 saturated carbocycles. The van der Waals surface area contributed by atoms with Crippen LogP contribution in [0.15, 0.2) is 91.0 Å². The van der Waals surface area contributed by atoms with Gasteiger partial charge < -0.3 is 80.2 Å². The third-order valence-corrected chi connectivity index (χ3v) is 11.8. The third kappa shape index (κ3) is 6.43. The van der Waals surface area contributed by atoms with Crippen LogP contribution in [0, 0.1) is 0 Å². The second-order valence-electron chi connectivity index (χ2n) is 15.5. The molecule has 62 heavy (non-hydrogen) atoms. The average Bonchev–Trinajstić information content (AvgIpc) is 3.23. The van der Waals surface area contributed by atoms with Crippen LogP contribution in [0.3, 0.4) is 0 Å². The van der Waals surface area contributed by atoms with Gasteiger partial charge in [0.25, 0.3) is 0 Å². The normalized spacial score (nSPS) is 23.7. The van der Waals surface area contributed by atoms with Crippen LogP contribution in [0.25, 0.3) is 0 Å². The smallest absolute Gasteiger partial charge is 0.160 e. The molecule has 0 spiro atoms. The Hall–Kier alpha value is -7.40. The second kappa shape index (κ2) is 14.9. The minimum absolute atomic E-state index is 0.00197. The van der Waals surface area contributed by atoms with Crippen molar-refractivity contribution in [2.75, 3.05) is 7.11 Å². The number of methoxy groups -OCH3 is 1. The van der Waals surface area contributed by atoms with E-state index in [0.717, 1.165) is 12.1 Å². The Labute approximate surface area is 351 Å². The van der Waals surface area contributed by atoms with Crippen molar-refractivity contribution in [2.45, 2.75) is 54.9 Å². The largest absolute Gasteiger partial charge is 0.508 e. The molecule has 3 heterocycles. The molecule has 3 aliphatic heterocycles. The highest BCUT2D eigenvalue weighted by Gasteiger charge is 2.51. The van der Waals surface area contributed by atoms with Crippen LogP contribution in [0.5, 0.6) is 74.7 Å². The molecule has 320 valence electrons. The van der Waals surface area contributed by atoms with Crippen molar-refractivity contribution < 1.29 is 80.2 Å². The highest BCUT2D eigenvalue weighted by atomic mass is 16.5. The third-order valence-electron chi connectivity index (χ3n) is 11.8. The molecule has 0 aromatic heterocycles. The molecule has 6 aromatic rings. The maximum atomic E-state index is 12.7. The number of fused-ring (bicyclic) bond motifs is 4. The van der Waals surface area contributed by atoms with Crippen molar-refractivity contribution >= 4 is 0 Å².